The van der Waals surface area contributed by atoms with Crippen molar-refractivity contribution in [3.63, 3.8) is 0 Å². The van der Waals surface area contributed by atoms with Gasteiger partial charge in [-0.25, -0.2) is 14.8 Å². The molecule has 2 N–H and O–H groups in total. The summed E-state index contributed by atoms with van der Waals surface area (Å²) < 4.78 is 0. The van der Waals surface area contributed by atoms with Crippen LogP contribution in [-0.2, 0) is 6.42 Å². The Morgan fingerprint density at radius 1 is 1.64 bits per heavy atom. The molecule has 5 nitrogen and oxygen atoms in total. The summed E-state index contributed by atoms with van der Waals surface area (Å²) in [5.74, 6) is -0.278. The van der Waals surface area contributed by atoms with Gasteiger partial charge in [-0.15, -0.1) is 0 Å². The second kappa shape index (κ2) is 3.10. The molecule has 0 fully saturated rings. The standard InChI is InChI=1S/C9H9N3O2/c1-2-6-11-5-3-4-10-8(9(13)14)7(5)12-6/h3-4H,2H2,1H3,(H,11,12)(H,13,14). The van der Waals surface area contributed by atoms with Crippen LogP contribution in [0.15, 0.2) is 12.3 Å². The Hall–Kier alpha value is -1.91. The van der Waals surface area contributed by atoms with Crippen LogP contribution < -0.4 is 0 Å². The lowest BCUT2D eigenvalue weighted by Gasteiger charge is -1.92. The number of H-pyrrole nitrogens is 1. The molecule has 0 aromatic carbocycles. The summed E-state index contributed by atoms with van der Waals surface area (Å²) in [6.07, 6.45) is 2.21. The molecule has 72 valence electrons. The lowest BCUT2D eigenvalue weighted by atomic mass is 10.3. The minimum absolute atomic E-state index is 0.00144. The molecule has 2 heterocycles. The molecule has 5 heteroatoms. The summed E-state index contributed by atoms with van der Waals surface area (Å²) in [6.45, 7) is 1.95. The van der Waals surface area contributed by atoms with Crippen LogP contribution in [0.2, 0.25) is 0 Å². The van der Waals surface area contributed by atoms with Crippen LogP contribution in [0.1, 0.15) is 23.2 Å². The number of aromatic amines is 1. The normalized spacial score (nSPS) is 10.6. The zero-order chi connectivity index (χ0) is 10.1. The summed E-state index contributed by atoms with van der Waals surface area (Å²) in [5.41, 5.74) is 1.14. The minimum atomic E-state index is -1.05. The number of fused-ring (bicyclic) bond motifs is 1. The Kier molecular flexibility index (Phi) is 1.92. The quantitative estimate of drug-likeness (QED) is 0.747. The van der Waals surface area contributed by atoms with Gasteiger partial charge in [0, 0.05) is 12.6 Å². The smallest absolute Gasteiger partial charge is 0.356 e. The second-order valence-electron chi connectivity index (χ2n) is 2.90. The van der Waals surface area contributed by atoms with Gasteiger partial charge in [0.1, 0.15) is 11.3 Å². The third-order valence-electron chi connectivity index (χ3n) is 1.99. The number of pyridine rings is 1. The fourth-order valence-corrected chi connectivity index (χ4v) is 1.31. The van der Waals surface area contributed by atoms with E-state index in [9.17, 15) is 4.79 Å². The van der Waals surface area contributed by atoms with E-state index in [1.165, 1.54) is 6.20 Å². The predicted molar refractivity (Wildman–Crippen MR) is 50.2 cm³/mol. The van der Waals surface area contributed by atoms with E-state index in [1.807, 2.05) is 6.92 Å². The molecule has 0 aliphatic rings. The molecule has 0 atom stereocenters. The highest BCUT2D eigenvalue weighted by molar-refractivity contribution is 5.98. The molecule has 0 unspecified atom stereocenters. The third-order valence-corrected chi connectivity index (χ3v) is 1.99. The van der Waals surface area contributed by atoms with Crippen LogP contribution in [0.25, 0.3) is 11.0 Å². The van der Waals surface area contributed by atoms with Gasteiger partial charge in [-0.1, -0.05) is 6.92 Å². The van der Waals surface area contributed by atoms with Crippen LogP contribution >= 0.6 is 0 Å². The van der Waals surface area contributed by atoms with Gasteiger partial charge in [0.15, 0.2) is 5.69 Å². The molecule has 2 rings (SSSR count). The molecule has 0 bridgehead atoms. The third kappa shape index (κ3) is 1.22. The Labute approximate surface area is 79.8 Å². The summed E-state index contributed by atoms with van der Waals surface area (Å²) in [5, 5.41) is 8.85. The Bertz CT molecular complexity index is 490. The average molecular weight is 191 g/mol. The van der Waals surface area contributed by atoms with E-state index < -0.39 is 5.97 Å². The number of nitrogens with one attached hydrogen (secondary N) is 1. The highest BCUT2D eigenvalue weighted by atomic mass is 16.4. The van der Waals surface area contributed by atoms with E-state index in [0.717, 1.165) is 12.2 Å². The SMILES string of the molecule is CCc1nc2c(C(=O)O)nccc2[nH]1. The summed E-state index contributed by atoms with van der Waals surface area (Å²) >= 11 is 0. The van der Waals surface area contributed by atoms with Gasteiger partial charge in [-0.3, -0.25) is 0 Å². The van der Waals surface area contributed by atoms with E-state index in [2.05, 4.69) is 15.0 Å². The van der Waals surface area contributed by atoms with Crippen molar-refractivity contribution in [2.45, 2.75) is 13.3 Å². The van der Waals surface area contributed by atoms with Crippen molar-refractivity contribution in [2.75, 3.05) is 0 Å². The highest BCUT2D eigenvalue weighted by Crippen LogP contribution is 2.14. The van der Waals surface area contributed by atoms with Crippen LogP contribution in [0.4, 0.5) is 0 Å². The first-order chi connectivity index (χ1) is 6.72. The molecule has 2 aromatic heterocycles. The number of hydrogen-bond acceptors (Lipinski definition) is 3. The van der Waals surface area contributed by atoms with Gasteiger partial charge in [0.25, 0.3) is 0 Å². The van der Waals surface area contributed by atoms with Crippen molar-refractivity contribution in [1.82, 2.24) is 15.0 Å². The number of rotatable bonds is 2. The maximum absolute atomic E-state index is 10.8. The van der Waals surface area contributed by atoms with Crippen molar-refractivity contribution in [1.29, 1.82) is 0 Å². The molecule has 0 radical (unpaired) electrons. The molecule has 14 heavy (non-hydrogen) atoms. The molecule has 0 saturated heterocycles. The van der Waals surface area contributed by atoms with Crippen LogP contribution in [-0.4, -0.2) is 26.0 Å². The Morgan fingerprint density at radius 3 is 3.07 bits per heavy atom. The maximum Gasteiger partial charge on any atom is 0.356 e. The second-order valence-corrected chi connectivity index (χ2v) is 2.90. The summed E-state index contributed by atoms with van der Waals surface area (Å²) in [7, 11) is 0. The van der Waals surface area contributed by atoms with Crippen LogP contribution in [0.3, 0.4) is 0 Å². The summed E-state index contributed by atoms with van der Waals surface area (Å²) in [6, 6.07) is 1.72. The van der Waals surface area contributed by atoms with Gasteiger partial charge in [0.05, 0.1) is 5.52 Å². The van der Waals surface area contributed by atoms with Crippen molar-refractivity contribution >= 4 is 17.0 Å². The van der Waals surface area contributed by atoms with Crippen molar-refractivity contribution in [2.24, 2.45) is 0 Å². The largest absolute Gasteiger partial charge is 0.476 e. The van der Waals surface area contributed by atoms with Gasteiger partial charge >= 0.3 is 5.97 Å². The van der Waals surface area contributed by atoms with Crippen molar-refractivity contribution < 1.29 is 9.90 Å². The maximum atomic E-state index is 10.8. The lowest BCUT2D eigenvalue weighted by Crippen LogP contribution is -2.00. The first kappa shape index (κ1) is 8.68. The monoisotopic (exact) mass is 191 g/mol. The Balaban J connectivity index is 2.73. The zero-order valence-electron chi connectivity index (χ0n) is 7.61. The molecular formula is C9H9N3O2. The van der Waals surface area contributed by atoms with Gasteiger partial charge in [-0.05, 0) is 6.07 Å². The highest BCUT2D eigenvalue weighted by Gasteiger charge is 2.12. The number of carbonyl (C=O) groups is 1. The van der Waals surface area contributed by atoms with Crippen molar-refractivity contribution in [3.8, 4) is 0 Å². The number of aromatic carboxylic acids is 1. The van der Waals surface area contributed by atoms with Gasteiger partial charge in [-0.2, -0.15) is 0 Å². The van der Waals surface area contributed by atoms with E-state index in [-0.39, 0.29) is 5.69 Å². The molecule has 2 aromatic rings. The van der Waals surface area contributed by atoms with Crippen molar-refractivity contribution in [3.05, 3.63) is 23.8 Å². The number of imidazole rings is 1. The topological polar surface area (TPSA) is 78.9 Å². The minimum Gasteiger partial charge on any atom is -0.476 e. The Morgan fingerprint density at radius 2 is 2.43 bits per heavy atom. The van der Waals surface area contributed by atoms with E-state index in [1.54, 1.807) is 6.07 Å². The molecule has 0 aliphatic heterocycles. The van der Waals surface area contributed by atoms with E-state index in [4.69, 9.17) is 5.11 Å². The number of hydrogen-bond donors (Lipinski definition) is 2. The van der Waals surface area contributed by atoms with Crippen LogP contribution in [0, 0.1) is 0 Å². The first-order valence-electron chi connectivity index (χ1n) is 4.29. The first-order valence-corrected chi connectivity index (χ1v) is 4.29. The average Bonchev–Trinajstić information content (AvgIpc) is 2.59. The van der Waals surface area contributed by atoms with E-state index >= 15 is 0 Å². The lowest BCUT2D eigenvalue weighted by molar-refractivity contribution is 0.0692. The fourth-order valence-electron chi connectivity index (χ4n) is 1.31. The molecule has 0 aliphatic carbocycles. The zero-order valence-corrected chi connectivity index (χ0v) is 7.61. The van der Waals surface area contributed by atoms with E-state index in [0.29, 0.717) is 11.0 Å². The van der Waals surface area contributed by atoms with Gasteiger partial charge in [0.2, 0.25) is 0 Å². The number of aryl methyl sites for hydroxylation is 1. The molecule has 0 saturated carbocycles. The van der Waals surface area contributed by atoms with Crippen LogP contribution in [0.5, 0.6) is 0 Å². The molecular weight excluding hydrogens is 182 g/mol. The number of nitrogens with zero attached hydrogens (tertiary/aromatic N) is 2. The van der Waals surface area contributed by atoms with Gasteiger partial charge < -0.3 is 10.1 Å². The summed E-state index contributed by atoms with van der Waals surface area (Å²) in [4.78, 5) is 21.7. The predicted octanol–water partition coefficient (Wildman–Crippen LogP) is 1.22. The molecule has 0 spiro atoms. The number of aromatic nitrogens is 3. The number of carboxylic acids is 1. The fraction of sp³-hybridized carbons (Fsp3) is 0.222. The number of carboxylic acid groups (broad SMARTS) is 1. The molecule has 0 amide bonds.